The molecule has 0 aromatic heterocycles. The van der Waals surface area contributed by atoms with Crippen molar-refractivity contribution in [3.63, 3.8) is 0 Å². The number of thioether (sulfide) groups is 1. The van der Waals surface area contributed by atoms with Gasteiger partial charge in [0, 0.05) is 17.7 Å². The van der Waals surface area contributed by atoms with Gasteiger partial charge in [-0.2, -0.15) is 13.2 Å². The third-order valence-electron chi connectivity index (χ3n) is 4.97. The predicted octanol–water partition coefficient (Wildman–Crippen LogP) is 6.60. The lowest BCUT2D eigenvalue weighted by Crippen LogP contribution is -2.27. The van der Waals surface area contributed by atoms with Crippen LogP contribution >= 0.6 is 24.0 Å². The minimum Gasteiger partial charge on any atom is -0.488 e. The van der Waals surface area contributed by atoms with Crippen molar-refractivity contribution in [3.8, 4) is 5.75 Å². The molecule has 1 fully saturated rings. The summed E-state index contributed by atoms with van der Waals surface area (Å²) in [5, 5.41) is 10.8. The molecule has 0 spiro atoms. The number of carbonyl (C=O) groups is 1. The van der Waals surface area contributed by atoms with Gasteiger partial charge in [-0.05, 0) is 48.0 Å². The SMILES string of the molecule is O=C1/C(=C\c2ccccc2OCc2ccc([N+](=O)[O-])cc2)SC(=S)N1c1cccc(C(F)(F)F)c1. The number of non-ortho nitro benzene ring substituents is 1. The number of hydrogen-bond donors (Lipinski definition) is 0. The van der Waals surface area contributed by atoms with Crippen molar-refractivity contribution >= 4 is 51.7 Å². The Hall–Kier alpha value is -3.70. The second-order valence-corrected chi connectivity index (χ2v) is 8.99. The molecule has 11 heteroatoms. The number of nitro groups is 1. The number of alkyl halides is 3. The van der Waals surface area contributed by atoms with Crippen LogP contribution < -0.4 is 9.64 Å². The van der Waals surface area contributed by atoms with Crippen LogP contribution in [-0.2, 0) is 17.6 Å². The van der Waals surface area contributed by atoms with E-state index in [0.717, 1.165) is 28.8 Å². The molecular weight excluding hydrogens is 501 g/mol. The first kappa shape index (κ1) is 24.4. The number of carbonyl (C=O) groups excluding carboxylic acids is 1. The van der Waals surface area contributed by atoms with Gasteiger partial charge in [0.25, 0.3) is 11.6 Å². The van der Waals surface area contributed by atoms with Crippen molar-refractivity contribution in [2.24, 2.45) is 0 Å². The molecule has 0 saturated carbocycles. The Morgan fingerprint density at radius 2 is 1.77 bits per heavy atom. The summed E-state index contributed by atoms with van der Waals surface area (Å²) in [4.78, 5) is 24.6. The van der Waals surface area contributed by atoms with Crippen LogP contribution in [0.15, 0.2) is 77.7 Å². The molecule has 1 amide bonds. The Morgan fingerprint density at radius 1 is 1.06 bits per heavy atom. The zero-order chi connectivity index (χ0) is 25.2. The number of amides is 1. The zero-order valence-corrected chi connectivity index (χ0v) is 19.3. The van der Waals surface area contributed by atoms with Crippen LogP contribution in [0.3, 0.4) is 0 Å². The molecule has 1 aliphatic rings. The molecule has 4 rings (SSSR count). The van der Waals surface area contributed by atoms with E-state index in [4.69, 9.17) is 17.0 Å². The van der Waals surface area contributed by atoms with Gasteiger partial charge in [-0.1, -0.05) is 48.2 Å². The lowest BCUT2D eigenvalue weighted by Gasteiger charge is -2.16. The predicted molar refractivity (Wildman–Crippen MR) is 131 cm³/mol. The fourth-order valence-corrected chi connectivity index (χ4v) is 4.55. The zero-order valence-electron chi connectivity index (χ0n) is 17.7. The highest BCUT2D eigenvalue weighted by atomic mass is 32.2. The van der Waals surface area contributed by atoms with Crippen molar-refractivity contribution in [2.75, 3.05) is 4.90 Å². The van der Waals surface area contributed by atoms with Crippen LogP contribution in [0.1, 0.15) is 16.7 Å². The molecule has 0 N–H and O–H groups in total. The van der Waals surface area contributed by atoms with Gasteiger partial charge in [0.15, 0.2) is 4.32 Å². The van der Waals surface area contributed by atoms with Gasteiger partial charge in [-0.25, -0.2) is 0 Å². The number of anilines is 1. The van der Waals surface area contributed by atoms with E-state index >= 15 is 0 Å². The summed E-state index contributed by atoms with van der Waals surface area (Å²) in [5.74, 6) is -0.0836. The first-order chi connectivity index (χ1) is 16.6. The molecule has 1 saturated heterocycles. The summed E-state index contributed by atoms with van der Waals surface area (Å²) in [7, 11) is 0. The standard InChI is InChI=1S/C24H15F3N2O4S2/c25-24(26,27)17-5-3-6-19(13-17)28-22(30)21(35-23(28)34)12-16-4-1-2-7-20(16)33-14-15-8-10-18(11-9-15)29(31)32/h1-13H,14H2/b21-12+. The van der Waals surface area contributed by atoms with E-state index in [-0.39, 0.29) is 27.2 Å². The summed E-state index contributed by atoms with van der Waals surface area (Å²) >= 11 is 6.25. The lowest BCUT2D eigenvalue weighted by molar-refractivity contribution is -0.384. The summed E-state index contributed by atoms with van der Waals surface area (Å²) in [6, 6.07) is 17.3. The van der Waals surface area contributed by atoms with E-state index in [2.05, 4.69) is 0 Å². The first-order valence-corrected chi connectivity index (χ1v) is 11.3. The number of halogens is 3. The van der Waals surface area contributed by atoms with E-state index in [1.165, 1.54) is 24.3 Å². The molecule has 3 aromatic rings. The van der Waals surface area contributed by atoms with Gasteiger partial charge in [-0.3, -0.25) is 19.8 Å². The second kappa shape index (κ2) is 9.88. The Morgan fingerprint density at radius 3 is 2.46 bits per heavy atom. The highest BCUT2D eigenvalue weighted by Gasteiger charge is 2.36. The van der Waals surface area contributed by atoms with Gasteiger partial charge in [-0.15, -0.1) is 0 Å². The molecule has 35 heavy (non-hydrogen) atoms. The van der Waals surface area contributed by atoms with Crippen molar-refractivity contribution in [2.45, 2.75) is 12.8 Å². The quantitative estimate of drug-likeness (QED) is 0.159. The third kappa shape index (κ3) is 5.52. The van der Waals surface area contributed by atoms with Gasteiger partial charge in [0.2, 0.25) is 0 Å². The molecule has 0 unspecified atom stereocenters. The van der Waals surface area contributed by atoms with Gasteiger partial charge < -0.3 is 4.74 Å². The molecule has 1 heterocycles. The Balaban J connectivity index is 1.55. The third-order valence-corrected chi connectivity index (χ3v) is 6.27. The number of hydrogen-bond acceptors (Lipinski definition) is 6. The molecule has 3 aromatic carbocycles. The van der Waals surface area contributed by atoms with Crippen LogP contribution in [0.5, 0.6) is 5.75 Å². The van der Waals surface area contributed by atoms with Crippen LogP contribution in [-0.4, -0.2) is 15.2 Å². The van der Waals surface area contributed by atoms with Crippen LogP contribution in [0.2, 0.25) is 0 Å². The van der Waals surface area contributed by atoms with Crippen LogP contribution in [0, 0.1) is 10.1 Å². The summed E-state index contributed by atoms with van der Waals surface area (Å²) in [5.41, 5.74) is 0.406. The van der Waals surface area contributed by atoms with E-state index < -0.39 is 22.6 Å². The second-order valence-electron chi connectivity index (χ2n) is 7.32. The number of nitro benzene ring substituents is 1. The molecule has 1 aliphatic heterocycles. The normalized spacial score (nSPS) is 15.1. The van der Waals surface area contributed by atoms with Crippen LogP contribution in [0.4, 0.5) is 24.5 Å². The molecule has 0 atom stereocenters. The number of thiocarbonyl (C=S) groups is 1. The van der Waals surface area contributed by atoms with Crippen LogP contribution in [0.25, 0.3) is 6.08 Å². The summed E-state index contributed by atoms with van der Waals surface area (Å²) in [6.07, 6.45) is -2.98. The number of nitrogens with zero attached hydrogens (tertiary/aromatic N) is 2. The molecule has 0 aliphatic carbocycles. The smallest absolute Gasteiger partial charge is 0.416 e. The van der Waals surface area contributed by atoms with Crippen molar-refractivity contribution in [1.29, 1.82) is 0 Å². The largest absolute Gasteiger partial charge is 0.488 e. The van der Waals surface area contributed by atoms with E-state index in [1.807, 2.05) is 0 Å². The van der Waals surface area contributed by atoms with Crippen molar-refractivity contribution in [3.05, 3.63) is 105 Å². The lowest BCUT2D eigenvalue weighted by atomic mass is 10.1. The molecular formula is C24H15F3N2O4S2. The molecule has 0 bridgehead atoms. The topological polar surface area (TPSA) is 72.7 Å². The minimum atomic E-state index is -4.55. The molecule has 0 radical (unpaired) electrons. The maximum atomic E-state index is 13.1. The van der Waals surface area contributed by atoms with E-state index in [9.17, 15) is 28.1 Å². The van der Waals surface area contributed by atoms with Gasteiger partial charge in [0.1, 0.15) is 12.4 Å². The van der Waals surface area contributed by atoms with Crippen molar-refractivity contribution < 1.29 is 27.6 Å². The average molecular weight is 517 g/mol. The number of rotatable bonds is 6. The Bertz CT molecular complexity index is 1340. The average Bonchev–Trinajstić information content (AvgIpc) is 3.10. The van der Waals surface area contributed by atoms with E-state index in [1.54, 1.807) is 42.5 Å². The van der Waals surface area contributed by atoms with Gasteiger partial charge >= 0.3 is 6.18 Å². The molecule has 6 nitrogen and oxygen atoms in total. The molecule has 178 valence electrons. The summed E-state index contributed by atoms with van der Waals surface area (Å²) in [6.45, 7) is 0.133. The summed E-state index contributed by atoms with van der Waals surface area (Å²) < 4.78 is 45.3. The maximum Gasteiger partial charge on any atom is 0.416 e. The highest BCUT2D eigenvalue weighted by Crippen LogP contribution is 2.39. The number of ether oxygens (including phenoxy) is 1. The Labute approximate surface area is 207 Å². The Kier molecular flexibility index (Phi) is 6.90. The van der Waals surface area contributed by atoms with Gasteiger partial charge in [0.05, 0.1) is 21.1 Å². The number of benzene rings is 3. The monoisotopic (exact) mass is 516 g/mol. The fourth-order valence-electron chi connectivity index (χ4n) is 3.26. The number of para-hydroxylation sites is 1. The van der Waals surface area contributed by atoms with Crippen molar-refractivity contribution in [1.82, 2.24) is 0 Å². The first-order valence-electron chi connectivity index (χ1n) is 10.0. The fraction of sp³-hybridized carbons (Fsp3) is 0.0833. The minimum absolute atomic E-state index is 0.0306. The maximum absolute atomic E-state index is 13.1. The highest BCUT2D eigenvalue weighted by molar-refractivity contribution is 8.27. The van der Waals surface area contributed by atoms with E-state index in [0.29, 0.717) is 16.9 Å².